The van der Waals surface area contributed by atoms with E-state index < -0.39 is 0 Å². The molecule has 7 heavy (non-hydrogen) atoms. The van der Waals surface area contributed by atoms with E-state index in [1.165, 1.54) is 16.7 Å². The molecule has 1 aromatic heterocycles. The van der Waals surface area contributed by atoms with Gasteiger partial charge in [0.1, 0.15) is 0 Å². The molecule has 0 bridgehead atoms. The van der Waals surface area contributed by atoms with Crippen molar-refractivity contribution in [2.24, 2.45) is 0 Å². The smallest absolute Gasteiger partial charge is 0.307 e. The number of thiophene rings is 1. The highest BCUT2D eigenvalue weighted by Gasteiger charge is 1.99. The first-order valence-corrected chi connectivity index (χ1v) is 2.72. The molecule has 1 aromatic rings. The normalized spacial score (nSPS) is 9.14. The maximum atomic E-state index is 8.58. The first-order chi connectivity index (χ1) is 3.30. The highest BCUT2D eigenvalue weighted by molar-refractivity contribution is 7.08. The molecule has 0 amide bonds. The minimum atomic E-state index is 0.0741. The first-order valence-electron chi connectivity index (χ1n) is 1.77. The highest BCUT2D eigenvalue weighted by atomic mass is 32.1. The third kappa shape index (κ3) is 0.667. The fourth-order valence-corrected chi connectivity index (χ4v) is 0.871. The van der Waals surface area contributed by atoms with Crippen LogP contribution in [-0.4, -0.2) is 10.2 Å². The molecule has 0 atom stereocenters. The van der Waals surface area contributed by atoms with Gasteiger partial charge in [-0.2, -0.15) is 0 Å². The van der Waals surface area contributed by atoms with E-state index in [0.717, 1.165) is 0 Å². The third-order valence-electron chi connectivity index (χ3n) is 0.642. The van der Waals surface area contributed by atoms with E-state index in [0.29, 0.717) is 0 Å². The number of hydrogen-bond acceptors (Lipinski definition) is 2. The summed E-state index contributed by atoms with van der Waals surface area (Å²) >= 11 is 1.33. The van der Waals surface area contributed by atoms with Crippen LogP contribution in [0.5, 0.6) is 11.5 Å². The van der Waals surface area contributed by atoms with E-state index in [2.05, 4.69) is 0 Å². The van der Waals surface area contributed by atoms with Gasteiger partial charge in [0.25, 0.3) is 0 Å². The minimum Gasteiger partial charge on any atom is -0.590 e. The molecule has 0 unspecified atom stereocenters. The van der Waals surface area contributed by atoms with Gasteiger partial charge in [0, 0.05) is 5.38 Å². The van der Waals surface area contributed by atoms with Crippen LogP contribution in [0.15, 0.2) is 10.8 Å². The molecule has 3 heteroatoms. The summed E-state index contributed by atoms with van der Waals surface area (Å²) in [5.41, 5.74) is 0. The number of aromatic hydroxyl groups is 1. The maximum Gasteiger partial charge on any atom is 0.307 e. The third-order valence-corrected chi connectivity index (χ3v) is 1.37. The zero-order chi connectivity index (χ0) is 5.28. The average molecular weight is 117 g/mol. The number of hydrogen-bond donors (Lipinski definition) is 1. The quantitative estimate of drug-likeness (QED) is 0.504. The lowest BCUT2D eigenvalue weighted by atomic mass is 10.6. The van der Waals surface area contributed by atoms with Crippen molar-refractivity contribution in [1.29, 1.82) is 0 Å². The molecule has 0 aliphatic heterocycles. The van der Waals surface area contributed by atoms with E-state index in [1.807, 2.05) is 0 Å². The summed E-state index contributed by atoms with van der Waals surface area (Å²) in [6.45, 7) is 0. The Morgan fingerprint density at radius 2 is 2.29 bits per heavy atom. The molecule has 0 saturated carbocycles. The van der Waals surface area contributed by atoms with Crippen molar-refractivity contribution in [3.8, 4) is 11.5 Å². The van der Waals surface area contributed by atoms with Crippen LogP contribution in [0.3, 0.4) is 0 Å². The highest BCUT2D eigenvalue weighted by Crippen LogP contribution is 2.27. The lowest BCUT2D eigenvalue weighted by Crippen LogP contribution is -1.50. The molecule has 38 valence electrons. The van der Waals surface area contributed by atoms with Gasteiger partial charge in [0.15, 0.2) is 0 Å². The van der Waals surface area contributed by atoms with Crippen LogP contribution in [0.25, 0.3) is 0 Å². The second-order valence-corrected chi connectivity index (χ2v) is 1.91. The van der Waals surface area contributed by atoms with Crippen LogP contribution < -0.4 is 0 Å². The molecule has 1 heterocycles. The topological polar surface area (TPSA) is 43.1 Å². The van der Waals surface area contributed by atoms with Crippen molar-refractivity contribution < 1.29 is 10.2 Å². The predicted octanol–water partition coefficient (Wildman–Crippen LogP) is 0.892. The Hall–Kier alpha value is -0.700. The summed E-state index contributed by atoms with van der Waals surface area (Å²) in [6, 6.07) is 0. The Balaban J connectivity index is 3.12. The van der Waals surface area contributed by atoms with Gasteiger partial charge in [-0.25, -0.2) is 0 Å². The van der Waals surface area contributed by atoms with Crippen molar-refractivity contribution in [2.45, 2.75) is 0 Å². The van der Waals surface area contributed by atoms with Crippen LogP contribution in [0.1, 0.15) is 0 Å². The zero-order valence-electron chi connectivity index (χ0n) is 3.51. The fourth-order valence-electron chi connectivity index (χ4n) is 0.290. The summed E-state index contributed by atoms with van der Waals surface area (Å²) in [6.07, 6.45) is 0. The molecule has 0 radical (unpaired) electrons. The fraction of sp³-hybridized carbons (Fsp3) is 0. The molecular weight excluding hydrogens is 112 g/mol. The molecule has 0 fully saturated rings. The van der Waals surface area contributed by atoms with Crippen LogP contribution >= 0.6 is 11.3 Å². The SMILES string of the molecule is Oc1cscc1[OH2+]. The molecule has 3 N–H and O–H groups in total. The Morgan fingerprint density at radius 1 is 1.57 bits per heavy atom. The summed E-state index contributed by atoms with van der Waals surface area (Å²) in [4.78, 5) is 0. The second kappa shape index (κ2) is 1.42. The first kappa shape index (κ1) is 4.46. The van der Waals surface area contributed by atoms with Crippen LogP contribution in [0.2, 0.25) is 0 Å². The Bertz CT molecular complexity index is 142. The van der Waals surface area contributed by atoms with Gasteiger partial charge in [0.05, 0.1) is 5.38 Å². The van der Waals surface area contributed by atoms with Gasteiger partial charge >= 0.3 is 5.75 Å². The maximum absolute atomic E-state index is 8.58. The molecular formula is C4H5O2S+. The molecule has 0 aliphatic rings. The van der Waals surface area contributed by atoms with Crippen molar-refractivity contribution in [3.05, 3.63) is 10.8 Å². The predicted molar refractivity (Wildman–Crippen MR) is 29.0 cm³/mol. The lowest BCUT2D eigenvalue weighted by molar-refractivity contribution is 0.407. The molecule has 0 spiro atoms. The van der Waals surface area contributed by atoms with E-state index >= 15 is 0 Å². The van der Waals surface area contributed by atoms with E-state index in [9.17, 15) is 0 Å². The van der Waals surface area contributed by atoms with Crippen LogP contribution in [0.4, 0.5) is 0 Å². The van der Waals surface area contributed by atoms with Gasteiger partial charge in [0.2, 0.25) is 5.75 Å². The van der Waals surface area contributed by atoms with E-state index in [1.54, 1.807) is 5.38 Å². The number of rotatable bonds is 0. The van der Waals surface area contributed by atoms with Crippen LogP contribution in [-0.2, 0) is 0 Å². The van der Waals surface area contributed by atoms with E-state index in [4.69, 9.17) is 10.2 Å². The summed E-state index contributed by atoms with van der Waals surface area (Å²) < 4.78 is 0. The van der Waals surface area contributed by atoms with Crippen molar-refractivity contribution >= 4 is 11.3 Å². The van der Waals surface area contributed by atoms with Crippen molar-refractivity contribution in [1.82, 2.24) is 0 Å². The van der Waals surface area contributed by atoms with Gasteiger partial charge in [-0.05, 0) is 0 Å². The molecule has 0 aromatic carbocycles. The van der Waals surface area contributed by atoms with Gasteiger partial charge < -0.3 is 10.2 Å². The zero-order valence-corrected chi connectivity index (χ0v) is 4.33. The average Bonchev–Trinajstić information content (AvgIpc) is 1.91. The molecule has 1 rings (SSSR count). The van der Waals surface area contributed by atoms with Crippen molar-refractivity contribution in [2.75, 3.05) is 0 Å². The van der Waals surface area contributed by atoms with Gasteiger partial charge in [-0.3, -0.25) is 0 Å². The monoisotopic (exact) mass is 117 g/mol. The van der Waals surface area contributed by atoms with E-state index in [-0.39, 0.29) is 11.5 Å². The summed E-state index contributed by atoms with van der Waals surface area (Å²) in [5, 5.41) is 18.6. The Kier molecular flexibility index (Phi) is 0.906. The standard InChI is InChI=1S/C4H4O2S/c5-3-1-7-2-4(3)6/h1-2,5-6H/p+1. The molecule has 0 aliphatic carbocycles. The summed E-state index contributed by atoms with van der Waals surface area (Å²) in [5.74, 6) is 0.287. The van der Waals surface area contributed by atoms with Gasteiger partial charge in [-0.15, -0.1) is 11.3 Å². The molecule has 2 nitrogen and oxygen atoms in total. The molecule has 0 saturated heterocycles. The van der Waals surface area contributed by atoms with Gasteiger partial charge in [-0.1, -0.05) is 0 Å². The lowest BCUT2D eigenvalue weighted by Gasteiger charge is -1.75. The summed E-state index contributed by atoms with van der Waals surface area (Å²) in [7, 11) is 0. The minimum absolute atomic E-state index is 0.0741. The van der Waals surface area contributed by atoms with Crippen molar-refractivity contribution in [3.63, 3.8) is 0 Å². The Labute approximate surface area is 44.7 Å². The largest absolute Gasteiger partial charge is 0.590 e. The van der Waals surface area contributed by atoms with Crippen LogP contribution in [0, 0.1) is 0 Å². The second-order valence-electron chi connectivity index (χ2n) is 1.17. The Morgan fingerprint density at radius 3 is 2.43 bits per heavy atom.